The first-order chi connectivity index (χ1) is 14.5. The molecule has 2 rings (SSSR count). The maximum atomic E-state index is 11.2. The smallest absolute Gasteiger partial charge is 0.309 e. The van der Waals surface area contributed by atoms with Gasteiger partial charge in [-0.15, -0.1) is 0 Å². The van der Waals surface area contributed by atoms with E-state index in [1.54, 1.807) is 27.7 Å². The quantitative estimate of drug-likeness (QED) is 0.384. The molecular formula is C25H36O6. The molecule has 2 N–H and O–H groups in total. The van der Waals surface area contributed by atoms with E-state index in [1.165, 1.54) is 0 Å². The highest BCUT2D eigenvalue weighted by Gasteiger charge is 2.27. The van der Waals surface area contributed by atoms with Crippen LogP contribution in [0.2, 0.25) is 0 Å². The molecular weight excluding hydrogens is 396 g/mol. The van der Waals surface area contributed by atoms with Crippen LogP contribution in [0.15, 0.2) is 33.1 Å². The number of furan rings is 2. The minimum atomic E-state index is -0.766. The lowest BCUT2D eigenvalue weighted by atomic mass is 9.87. The van der Waals surface area contributed by atoms with Crippen molar-refractivity contribution < 1.29 is 28.6 Å². The van der Waals surface area contributed by atoms with Crippen molar-refractivity contribution >= 4 is 11.9 Å². The van der Waals surface area contributed by atoms with Gasteiger partial charge in [-0.3, -0.25) is 9.59 Å². The molecule has 0 spiro atoms. The fourth-order valence-corrected chi connectivity index (χ4v) is 3.44. The first-order valence-corrected chi connectivity index (χ1v) is 11.1. The first kappa shape index (κ1) is 24.8. The van der Waals surface area contributed by atoms with Gasteiger partial charge < -0.3 is 19.0 Å². The molecule has 6 heteroatoms. The first-order valence-electron chi connectivity index (χ1n) is 11.1. The standard InChI is InChI=1S/C25H36O6/c1-24(2,22(26)27)16-6-10-20-14-12-18(30-20)8-5-9-19-13-15-21(31-19)11-7-17-25(3,4)23(28)29/h12-15H,5-11,16-17H2,1-4H3,(H,26,27)(H,28,29). The molecule has 0 saturated carbocycles. The monoisotopic (exact) mass is 432 g/mol. The third kappa shape index (κ3) is 7.93. The van der Waals surface area contributed by atoms with Gasteiger partial charge in [0.15, 0.2) is 0 Å². The van der Waals surface area contributed by atoms with Gasteiger partial charge in [0.05, 0.1) is 10.8 Å². The van der Waals surface area contributed by atoms with Crippen molar-refractivity contribution in [3.8, 4) is 0 Å². The summed E-state index contributed by atoms with van der Waals surface area (Å²) >= 11 is 0. The predicted octanol–water partition coefficient (Wildman–Crippen LogP) is 5.91. The molecule has 2 aromatic heterocycles. The summed E-state index contributed by atoms with van der Waals surface area (Å²) in [5.74, 6) is 2.16. The zero-order valence-corrected chi connectivity index (χ0v) is 19.2. The molecule has 0 bridgehead atoms. The average molecular weight is 433 g/mol. The normalized spacial score (nSPS) is 12.3. The summed E-state index contributed by atoms with van der Waals surface area (Å²) in [6, 6.07) is 7.95. The molecule has 0 fully saturated rings. The van der Waals surface area contributed by atoms with E-state index < -0.39 is 22.8 Å². The van der Waals surface area contributed by atoms with Crippen molar-refractivity contribution in [1.82, 2.24) is 0 Å². The summed E-state index contributed by atoms with van der Waals surface area (Å²) in [7, 11) is 0. The summed E-state index contributed by atoms with van der Waals surface area (Å²) in [5, 5.41) is 18.4. The van der Waals surface area contributed by atoms with E-state index in [4.69, 9.17) is 8.83 Å². The van der Waals surface area contributed by atoms with Gasteiger partial charge in [-0.25, -0.2) is 0 Å². The van der Waals surface area contributed by atoms with Crippen molar-refractivity contribution in [1.29, 1.82) is 0 Å². The van der Waals surface area contributed by atoms with E-state index in [2.05, 4.69) is 0 Å². The Labute approximate surface area is 184 Å². The van der Waals surface area contributed by atoms with Gasteiger partial charge in [0.1, 0.15) is 23.0 Å². The molecule has 0 saturated heterocycles. The zero-order valence-electron chi connectivity index (χ0n) is 19.2. The maximum Gasteiger partial charge on any atom is 0.309 e. The van der Waals surface area contributed by atoms with Crippen molar-refractivity contribution in [2.75, 3.05) is 0 Å². The topological polar surface area (TPSA) is 101 Å². The van der Waals surface area contributed by atoms with Crippen LogP contribution in [0.3, 0.4) is 0 Å². The summed E-state index contributed by atoms with van der Waals surface area (Å²) in [6.07, 6.45) is 6.86. The molecule has 6 nitrogen and oxygen atoms in total. The predicted molar refractivity (Wildman–Crippen MR) is 118 cm³/mol. The second-order valence-corrected chi connectivity index (χ2v) is 9.67. The minimum absolute atomic E-state index is 0.618. The number of rotatable bonds is 14. The zero-order chi connectivity index (χ0) is 23.1. The van der Waals surface area contributed by atoms with Gasteiger partial charge in [-0.2, -0.15) is 0 Å². The SMILES string of the molecule is CC(C)(CCCc1ccc(CCCc2ccc(CCCC(C)(C)C(=O)O)o2)o1)C(=O)O. The van der Waals surface area contributed by atoms with Crippen molar-refractivity contribution in [2.24, 2.45) is 10.8 Å². The minimum Gasteiger partial charge on any atom is -0.481 e. The van der Waals surface area contributed by atoms with E-state index in [1.807, 2.05) is 24.3 Å². The summed E-state index contributed by atoms with van der Waals surface area (Å²) in [6.45, 7) is 7.00. The highest BCUT2D eigenvalue weighted by molar-refractivity contribution is 5.73. The van der Waals surface area contributed by atoms with Crippen molar-refractivity contribution in [3.05, 3.63) is 47.3 Å². The van der Waals surface area contributed by atoms with Gasteiger partial charge in [0.2, 0.25) is 0 Å². The molecule has 31 heavy (non-hydrogen) atoms. The molecule has 0 atom stereocenters. The fourth-order valence-electron chi connectivity index (χ4n) is 3.44. The number of carboxylic acid groups (broad SMARTS) is 2. The molecule has 0 amide bonds. The molecule has 2 aromatic rings. The Balaban J connectivity index is 1.69. The number of carbonyl (C=O) groups is 2. The van der Waals surface area contributed by atoms with Gasteiger partial charge >= 0.3 is 11.9 Å². The largest absolute Gasteiger partial charge is 0.481 e. The van der Waals surface area contributed by atoms with E-state index in [9.17, 15) is 19.8 Å². The average Bonchev–Trinajstić information content (AvgIpc) is 3.31. The second kappa shape index (κ2) is 10.7. The van der Waals surface area contributed by atoms with Gasteiger partial charge in [0.25, 0.3) is 0 Å². The molecule has 0 unspecified atom stereocenters. The van der Waals surface area contributed by atoms with Crippen LogP contribution in [-0.2, 0) is 35.3 Å². The van der Waals surface area contributed by atoms with Crippen molar-refractivity contribution in [2.45, 2.75) is 85.5 Å². The molecule has 2 heterocycles. The second-order valence-electron chi connectivity index (χ2n) is 9.67. The van der Waals surface area contributed by atoms with E-state index >= 15 is 0 Å². The molecule has 172 valence electrons. The number of aliphatic carboxylic acids is 2. The lowest BCUT2D eigenvalue weighted by Gasteiger charge is -2.18. The summed E-state index contributed by atoms with van der Waals surface area (Å²) in [4.78, 5) is 22.3. The molecule has 0 radical (unpaired) electrons. The van der Waals surface area contributed by atoms with E-state index in [0.717, 1.165) is 68.0 Å². The Morgan fingerprint density at radius 3 is 1.23 bits per heavy atom. The third-order valence-corrected chi connectivity index (χ3v) is 5.89. The van der Waals surface area contributed by atoms with Crippen LogP contribution in [0.1, 0.15) is 82.8 Å². The Morgan fingerprint density at radius 1 is 0.645 bits per heavy atom. The molecule has 0 aromatic carbocycles. The number of aryl methyl sites for hydroxylation is 4. The molecule has 0 aliphatic rings. The van der Waals surface area contributed by atoms with E-state index in [0.29, 0.717) is 12.8 Å². The lowest BCUT2D eigenvalue weighted by Crippen LogP contribution is -2.23. The van der Waals surface area contributed by atoms with Gasteiger partial charge in [-0.05, 0) is 84.1 Å². The Bertz CT molecular complexity index is 785. The Morgan fingerprint density at radius 2 is 0.935 bits per heavy atom. The number of carboxylic acids is 2. The van der Waals surface area contributed by atoms with E-state index in [-0.39, 0.29) is 0 Å². The summed E-state index contributed by atoms with van der Waals surface area (Å²) < 4.78 is 11.8. The van der Waals surface area contributed by atoms with Crippen LogP contribution in [-0.4, -0.2) is 22.2 Å². The highest BCUT2D eigenvalue weighted by atomic mass is 16.4. The fraction of sp³-hybridized carbons (Fsp3) is 0.600. The molecule has 0 aliphatic carbocycles. The number of hydrogen-bond acceptors (Lipinski definition) is 4. The Kier molecular flexibility index (Phi) is 8.54. The van der Waals surface area contributed by atoms with Crippen LogP contribution in [0.5, 0.6) is 0 Å². The Hall–Kier alpha value is -2.50. The van der Waals surface area contributed by atoms with Crippen LogP contribution in [0, 0.1) is 10.8 Å². The lowest BCUT2D eigenvalue weighted by molar-refractivity contribution is -0.148. The van der Waals surface area contributed by atoms with Crippen LogP contribution < -0.4 is 0 Å². The number of hydrogen-bond donors (Lipinski definition) is 2. The maximum absolute atomic E-state index is 11.2. The van der Waals surface area contributed by atoms with Crippen LogP contribution >= 0.6 is 0 Å². The van der Waals surface area contributed by atoms with Crippen molar-refractivity contribution in [3.63, 3.8) is 0 Å². The summed E-state index contributed by atoms with van der Waals surface area (Å²) in [5.41, 5.74) is -1.41. The van der Waals surface area contributed by atoms with Crippen LogP contribution in [0.4, 0.5) is 0 Å². The molecule has 0 aliphatic heterocycles. The van der Waals surface area contributed by atoms with Crippen LogP contribution in [0.25, 0.3) is 0 Å². The highest BCUT2D eigenvalue weighted by Crippen LogP contribution is 2.25. The van der Waals surface area contributed by atoms with Gasteiger partial charge in [-0.1, -0.05) is 0 Å². The van der Waals surface area contributed by atoms with Gasteiger partial charge in [0, 0.05) is 25.7 Å². The third-order valence-electron chi connectivity index (χ3n) is 5.89.